The highest BCUT2D eigenvalue weighted by atomic mass is 15.3. The Labute approximate surface area is 103 Å². The maximum absolute atomic E-state index is 5.73. The van der Waals surface area contributed by atoms with Gasteiger partial charge in [-0.15, -0.1) is 0 Å². The summed E-state index contributed by atoms with van der Waals surface area (Å²) in [6, 6.07) is 0. The molecule has 7 nitrogen and oxygen atoms in total. The molecule has 0 atom stereocenters. The number of aromatic nitrogens is 6. The predicted molar refractivity (Wildman–Crippen MR) is 66.2 cm³/mol. The average molecular weight is 243 g/mol. The van der Waals surface area contributed by atoms with E-state index in [4.69, 9.17) is 5.73 Å². The highest BCUT2D eigenvalue weighted by Gasteiger charge is 2.15. The van der Waals surface area contributed by atoms with Gasteiger partial charge in [-0.3, -0.25) is 0 Å². The Bertz CT molecular complexity index is 709. The molecule has 0 aliphatic carbocycles. The Balaban J connectivity index is 2.29. The minimum Gasteiger partial charge on any atom is -0.340 e. The van der Waals surface area contributed by atoms with Crippen molar-refractivity contribution in [3.8, 4) is 5.82 Å². The molecule has 0 amide bonds. The van der Waals surface area contributed by atoms with Crippen LogP contribution in [0.1, 0.15) is 17.0 Å². The maximum atomic E-state index is 5.73. The molecule has 0 fully saturated rings. The SMILES string of the molecule is Cc1nn(-c2ncnc3nc[nH]c23)c(C)c1CN. The quantitative estimate of drug-likeness (QED) is 0.687. The minimum absolute atomic E-state index is 0.467. The first-order valence-electron chi connectivity index (χ1n) is 5.62. The Hall–Kier alpha value is -2.28. The standard InChI is InChI=1S/C11H13N7/c1-6-8(3-12)7(2)18(17-6)11-9-10(14-4-13-9)15-5-16-11/h4-5H,3,12H2,1-2H3,(H,13,14,15,16). The molecule has 3 N–H and O–H groups in total. The molecule has 0 aromatic carbocycles. The van der Waals surface area contributed by atoms with Crippen LogP contribution in [0.25, 0.3) is 17.0 Å². The number of hydrogen-bond donors (Lipinski definition) is 2. The van der Waals surface area contributed by atoms with Crippen LogP contribution >= 0.6 is 0 Å². The highest BCUT2D eigenvalue weighted by molar-refractivity contribution is 5.77. The molecular formula is C11H13N7. The number of imidazole rings is 1. The summed E-state index contributed by atoms with van der Waals surface area (Å²) in [7, 11) is 0. The Morgan fingerprint density at radius 1 is 1.28 bits per heavy atom. The summed E-state index contributed by atoms with van der Waals surface area (Å²) in [6.07, 6.45) is 3.08. The van der Waals surface area contributed by atoms with Crippen LogP contribution in [-0.2, 0) is 6.54 Å². The van der Waals surface area contributed by atoms with Crippen molar-refractivity contribution in [2.24, 2.45) is 5.73 Å². The first kappa shape index (κ1) is 10.8. The first-order chi connectivity index (χ1) is 8.72. The van der Waals surface area contributed by atoms with Crippen molar-refractivity contribution < 1.29 is 0 Å². The fourth-order valence-electron chi connectivity index (χ4n) is 2.09. The van der Waals surface area contributed by atoms with Gasteiger partial charge in [0.25, 0.3) is 0 Å². The number of nitrogens with two attached hydrogens (primary N) is 1. The summed E-state index contributed by atoms with van der Waals surface area (Å²) in [4.78, 5) is 15.5. The number of aryl methyl sites for hydroxylation is 1. The van der Waals surface area contributed by atoms with E-state index in [-0.39, 0.29) is 0 Å². The maximum Gasteiger partial charge on any atom is 0.182 e. The van der Waals surface area contributed by atoms with Crippen LogP contribution in [0.2, 0.25) is 0 Å². The van der Waals surface area contributed by atoms with Gasteiger partial charge in [0.1, 0.15) is 11.8 Å². The molecule has 0 bridgehead atoms. The molecule has 3 rings (SSSR count). The third-order valence-electron chi connectivity index (χ3n) is 3.05. The van der Waals surface area contributed by atoms with Gasteiger partial charge in [-0.05, 0) is 13.8 Å². The summed E-state index contributed by atoms with van der Waals surface area (Å²) in [5.74, 6) is 0.692. The van der Waals surface area contributed by atoms with Gasteiger partial charge in [-0.25, -0.2) is 19.6 Å². The lowest BCUT2D eigenvalue weighted by molar-refractivity contribution is 0.807. The van der Waals surface area contributed by atoms with Crippen LogP contribution in [0.3, 0.4) is 0 Å². The van der Waals surface area contributed by atoms with Crippen LogP contribution < -0.4 is 5.73 Å². The predicted octanol–water partition coefficient (Wildman–Crippen LogP) is 0.614. The van der Waals surface area contributed by atoms with Crippen molar-refractivity contribution in [3.63, 3.8) is 0 Å². The second-order valence-corrected chi connectivity index (χ2v) is 4.06. The van der Waals surface area contributed by atoms with E-state index in [0.29, 0.717) is 18.0 Å². The molecule has 0 aliphatic heterocycles. The average Bonchev–Trinajstić information content (AvgIpc) is 2.94. The lowest BCUT2D eigenvalue weighted by Crippen LogP contribution is -2.05. The zero-order valence-electron chi connectivity index (χ0n) is 10.2. The van der Waals surface area contributed by atoms with Gasteiger partial charge in [0, 0.05) is 17.8 Å². The van der Waals surface area contributed by atoms with Gasteiger partial charge in [-0.2, -0.15) is 5.10 Å². The molecule has 3 aromatic rings. The molecule has 18 heavy (non-hydrogen) atoms. The van der Waals surface area contributed by atoms with E-state index in [1.807, 2.05) is 13.8 Å². The van der Waals surface area contributed by atoms with Crippen LogP contribution in [0.4, 0.5) is 0 Å². The zero-order valence-corrected chi connectivity index (χ0v) is 10.2. The molecule has 7 heteroatoms. The highest BCUT2D eigenvalue weighted by Crippen LogP contribution is 2.19. The van der Waals surface area contributed by atoms with E-state index >= 15 is 0 Å². The number of hydrogen-bond acceptors (Lipinski definition) is 5. The van der Waals surface area contributed by atoms with Crippen LogP contribution in [-0.4, -0.2) is 29.7 Å². The molecular weight excluding hydrogens is 230 g/mol. The molecule has 3 aromatic heterocycles. The number of nitrogens with one attached hydrogen (secondary N) is 1. The topological polar surface area (TPSA) is 98.3 Å². The third-order valence-corrected chi connectivity index (χ3v) is 3.05. The monoisotopic (exact) mass is 243 g/mol. The summed E-state index contributed by atoms with van der Waals surface area (Å²) < 4.78 is 1.78. The number of H-pyrrole nitrogens is 1. The van der Waals surface area contributed by atoms with Crippen molar-refractivity contribution >= 4 is 11.2 Å². The van der Waals surface area contributed by atoms with Crippen LogP contribution in [0.15, 0.2) is 12.7 Å². The number of fused-ring (bicyclic) bond motifs is 1. The number of rotatable bonds is 2. The molecule has 0 spiro atoms. The molecule has 92 valence electrons. The fraction of sp³-hybridized carbons (Fsp3) is 0.273. The van der Waals surface area contributed by atoms with Gasteiger partial charge < -0.3 is 10.7 Å². The third kappa shape index (κ3) is 1.41. The largest absolute Gasteiger partial charge is 0.340 e. The normalized spacial score (nSPS) is 11.3. The number of aromatic amines is 1. The van der Waals surface area contributed by atoms with E-state index in [1.54, 1.807) is 11.0 Å². The van der Waals surface area contributed by atoms with Crippen molar-refractivity contribution in [1.82, 2.24) is 29.7 Å². The van der Waals surface area contributed by atoms with Crippen molar-refractivity contribution in [1.29, 1.82) is 0 Å². The fourth-order valence-corrected chi connectivity index (χ4v) is 2.09. The number of nitrogens with zero attached hydrogens (tertiary/aromatic N) is 5. The smallest absolute Gasteiger partial charge is 0.182 e. The molecule has 0 radical (unpaired) electrons. The second kappa shape index (κ2) is 3.88. The van der Waals surface area contributed by atoms with Gasteiger partial charge in [0.2, 0.25) is 0 Å². The Morgan fingerprint density at radius 3 is 2.83 bits per heavy atom. The summed E-state index contributed by atoms with van der Waals surface area (Å²) in [5, 5.41) is 4.48. The first-order valence-corrected chi connectivity index (χ1v) is 5.62. The van der Waals surface area contributed by atoms with Crippen molar-refractivity contribution in [2.75, 3.05) is 0 Å². The van der Waals surface area contributed by atoms with Crippen molar-refractivity contribution in [2.45, 2.75) is 20.4 Å². The van der Waals surface area contributed by atoms with Crippen molar-refractivity contribution in [3.05, 3.63) is 29.6 Å². The molecule has 0 unspecified atom stereocenters. The van der Waals surface area contributed by atoms with Gasteiger partial charge in [-0.1, -0.05) is 0 Å². The lowest BCUT2D eigenvalue weighted by atomic mass is 10.2. The van der Waals surface area contributed by atoms with E-state index < -0.39 is 0 Å². The molecule has 0 aliphatic rings. The lowest BCUT2D eigenvalue weighted by Gasteiger charge is -2.04. The summed E-state index contributed by atoms with van der Waals surface area (Å²) in [5.41, 5.74) is 10.1. The Kier molecular flexibility index (Phi) is 2.34. The zero-order chi connectivity index (χ0) is 12.7. The summed E-state index contributed by atoms with van der Waals surface area (Å²) >= 11 is 0. The van der Waals surface area contributed by atoms with Gasteiger partial charge >= 0.3 is 0 Å². The Morgan fingerprint density at radius 2 is 2.11 bits per heavy atom. The van der Waals surface area contributed by atoms with E-state index in [0.717, 1.165) is 22.5 Å². The van der Waals surface area contributed by atoms with E-state index in [9.17, 15) is 0 Å². The van der Waals surface area contributed by atoms with E-state index in [2.05, 4.69) is 25.0 Å². The van der Waals surface area contributed by atoms with E-state index in [1.165, 1.54) is 6.33 Å². The second-order valence-electron chi connectivity index (χ2n) is 4.06. The van der Waals surface area contributed by atoms with Gasteiger partial charge in [0.15, 0.2) is 11.5 Å². The minimum atomic E-state index is 0.467. The molecule has 0 saturated heterocycles. The summed E-state index contributed by atoms with van der Waals surface area (Å²) in [6.45, 7) is 4.39. The van der Waals surface area contributed by atoms with Crippen LogP contribution in [0.5, 0.6) is 0 Å². The van der Waals surface area contributed by atoms with Gasteiger partial charge in [0.05, 0.1) is 12.0 Å². The molecule has 3 heterocycles. The van der Waals surface area contributed by atoms with Crippen LogP contribution in [0, 0.1) is 13.8 Å². The molecule has 0 saturated carbocycles.